The van der Waals surface area contributed by atoms with Gasteiger partial charge in [-0.2, -0.15) is 0 Å². The molecule has 22 heavy (non-hydrogen) atoms. The highest BCUT2D eigenvalue weighted by Gasteiger charge is 2.14. The molecule has 0 atom stereocenters. The van der Waals surface area contributed by atoms with Gasteiger partial charge in [0.25, 0.3) is 0 Å². The molecule has 0 saturated carbocycles. The number of methoxy groups -OCH3 is 1. The second-order valence-electron chi connectivity index (χ2n) is 5.12. The summed E-state index contributed by atoms with van der Waals surface area (Å²) in [6, 6.07) is 7.42. The Balaban J connectivity index is 2.10. The van der Waals surface area contributed by atoms with Crippen molar-refractivity contribution >= 4 is 28.5 Å². The Hall–Kier alpha value is -2.33. The van der Waals surface area contributed by atoms with E-state index < -0.39 is 0 Å². The van der Waals surface area contributed by atoms with Crippen LogP contribution in [0.15, 0.2) is 36.7 Å². The van der Waals surface area contributed by atoms with Crippen molar-refractivity contribution in [1.82, 2.24) is 9.97 Å². The van der Waals surface area contributed by atoms with Gasteiger partial charge in [-0.15, -0.1) is 0 Å². The molecule has 0 aliphatic rings. The molecule has 3 aromatic rings. The number of carbonyl (C=O) groups excluding carboxylic acids is 1. The van der Waals surface area contributed by atoms with Crippen molar-refractivity contribution in [3.05, 3.63) is 64.1 Å². The number of nitrogens with zero attached hydrogens (tertiary/aromatic N) is 1. The van der Waals surface area contributed by atoms with Crippen molar-refractivity contribution < 1.29 is 9.53 Å². The molecule has 1 aromatic carbocycles. The van der Waals surface area contributed by atoms with E-state index in [0.29, 0.717) is 17.0 Å². The first-order chi connectivity index (χ1) is 10.6. The van der Waals surface area contributed by atoms with Crippen LogP contribution in [0.25, 0.3) is 10.9 Å². The first kappa shape index (κ1) is 14.6. The van der Waals surface area contributed by atoms with E-state index in [-0.39, 0.29) is 5.97 Å². The van der Waals surface area contributed by atoms with Crippen molar-refractivity contribution in [2.24, 2.45) is 0 Å². The number of hydrogen-bond acceptors (Lipinski definition) is 3. The van der Waals surface area contributed by atoms with Gasteiger partial charge in [-0.05, 0) is 42.3 Å². The molecule has 5 heteroatoms. The quantitative estimate of drug-likeness (QED) is 0.746. The molecule has 1 N–H and O–H groups in total. The summed E-state index contributed by atoms with van der Waals surface area (Å²) in [5.41, 5.74) is 4.71. The Bertz CT molecular complexity index is 855. The molecule has 0 radical (unpaired) electrons. The van der Waals surface area contributed by atoms with E-state index in [0.717, 1.165) is 27.7 Å². The highest BCUT2D eigenvalue weighted by molar-refractivity contribution is 6.31. The van der Waals surface area contributed by atoms with Gasteiger partial charge in [0.05, 0.1) is 17.7 Å². The molecular formula is C17H15ClN2O2. The summed E-state index contributed by atoms with van der Waals surface area (Å²) in [6.45, 7) is 2.02. The average Bonchev–Trinajstić information content (AvgIpc) is 2.84. The van der Waals surface area contributed by atoms with Gasteiger partial charge in [0.15, 0.2) is 0 Å². The number of aryl methyl sites for hydroxylation is 1. The van der Waals surface area contributed by atoms with E-state index in [1.807, 2.05) is 25.1 Å². The summed E-state index contributed by atoms with van der Waals surface area (Å²) in [6.07, 6.45) is 4.05. The maximum Gasteiger partial charge on any atom is 0.337 e. The number of benzene rings is 1. The maximum absolute atomic E-state index is 11.7. The van der Waals surface area contributed by atoms with Crippen LogP contribution in [-0.2, 0) is 11.2 Å². The molecule has 0 fully saturated rings. The van der Waals surface area contributed by atoms with Gasteiger partial charge in [0.2, 0.25) is 0 Å². The predicted octanol–water partition coefficient (Wildman–Crippen LogP) is 3.90. The average molecular weight is 315 g/mol. The second kappa shape index (κ2) is 5.81. The summed E-state index contributed by atoms with van der Waals surface area (Å²) in [7, 11) is 1.38. The first-order valence-electron chi connectivity index (χ1n) is 6.88. The number of rotatable bonds is 3. The van der Waals surface area contributed by atoms with Crippen LogP contribution in [0.3, 0.4) is 0 Å². The Morgan fingerprint density at radius 3 is 2.91 bits per heavy atom. The van der Waals surface area contributed by atoms with Gasteiger partial charge in [0, 0.05) is 35.4 Å². The number of esters is 1. The van der Waals surface area contributed by atoms with Crippen LogP contribution < -0.4 is 0 Å². The Morgan fingerprint density at radius 1 is 1.36 bits per heavy atom. The summed E-state index contributed by atoms with van der Waals surface area (Å²) in [4.78, 5) is 19.1. The minimum atomic E-state index is -0.339. The number of H-pyrrole nitrogens is 1. The summed E-state index contributed by atoms with van der Waals surface area (Å²) in [5.74, 6) is -0.339. The Morgan fingerprint density at radius 2 is 2.18 bits per heavy atom. The van der Waals surface area contributed by atoms with Crippen LogP contribution in [0, 0.1) is 6.92 Å². The van der Waals surface area contributed by atoms with Crippen LogP contribution in [0.2, 0.25) is 5.02 Å². The van der Waals surface area contributed by atoms with E-state index in [9.17, 15) is 4.79 Å². The number of ether oxygens (including phenoxy) is 1. The molecule has 4 nitrogen and oxygen atoms in total. The van der Waals surface area contributed by atoms with E-state index in [2.05, 4.69) is 9.97 Å². The molecule has 2 aromatic heterocycles. The van der Waals surface area contributed by atoms with Crippen LogP contribution >= 0.6 is 11.6 Å². The third-order valence-corrected chi connectivity index (χ3v) is 4.10. The van der Waals surface area contributed by atoms with Gasteiger partial charge in [-0.1, -0.05) is 11.6 Å². The SMILES string of the molecule is COC(=O)c1ccc2[nH]c(C)c(Cc3ccncc3Cl)c2c1. The molecule has 0 amide bonds. The smallest absolute Gasteiger partial charge is 0.337 e. The number of aromatic nitrogens is 2. The van der Waals surface area contributed by atoms with Crippen LogP contribution in [0.1, 0.15) is 27.2 Å². The summed E-state index contributed by atoms with van der Waals surface area (Å²) >= 11 is 6.20. The maximum atomic E-state index is 11.7. The molecule has 112 valence electrons. The minimum Gasteiger partial charge on any atom is -0.465 e. The molecule has 0 bridgehead atoms. The summed E-state index contributed by atoms with van der Waals surface area (Å²) in [5, 5.41) is 1.65. The molecule has 0 unspecified atom stereocenters. The fourth-order valence-corrected chi connectivity index (χ4v) is 2.78. The zero-order chi connectivity index (χ0) is 15.7. The van der Waals surface area contributed by atoms with Crippen molar-refractivity contribution in [1.29, 1.82) is 0 Å². The molecular weight excluding hydrogens is 300 g/mol. The fraction of sp³-hybridized carbons (Fsp3) is 0.176. The van der Waals surface area contributed by atoms with E-state index in [1.54, 1.807) is 18.5 Å². The van der Waals surface area contributed by atoms with Gasteiger partial charge in [0.1, 0.15) is 0 Å². The zero-order valence-electron chi connectivity index (χ0n) is 12.3. The second-order valence-corrected chi connectivity index (χ2v) is 5.53. The number of aromatic amines is 1. The third-order valence-electron chi connectivity index (χ3n) is 3.76. The van der Waals surface area contributed by atoms with Gasteiger partial charge in [-0.25, -0.2) is 4.79 Å². The number of hydrogen-bond donors (Lipinski definition) is 1. The van der Waals surface area contributed by atoms with Crippen LogP contribution in [0.5, 0.6) is 0 Å². The van der Waals surface area contributed by atoms with E-state index in [4.69, 9.17) is 16.3 Å². The van der Waals surface area contributed by atoms with Crippen LogP contribution in [0.4, 0.5) is 0 Å². The largest absolute Gasteiger partial charge is 0.465 e. The van der Waals surface area contributed by atoms with Gasteiger partial charge < -0.3 is 9.72 Å². The van der Waals surface area contributed by atoms with Crippen molar-refractivity contribution in [3.63, 3.8) is 0 Å². The lowest BCUT2D eigenvalue weighted by Crippen LogP contribution is -2.00. The number of nitrogens with one attached hydrogen (secondary N) is 1. The van der Waals surface area contributed by atoms with E-state index >= 15 is 0 Å². The summed E-state index contributed by atoms with van der Waals surface area (Å²) < 4.78 is 4.79. The topological polar surface area (TPSA) is 55.0 Å². The van der Waals surface area contributed by atoms with Crippen LogP contribution in [-0.4, -0.2) is 23.0 Å². The lowest BCUT2D eigenvalue weighted by atomic mass is 10.0. The molecule has 0 spiro atoms. The monoisotopic (exact) mass is 314 g/mol. The van der Waals surface area contributed by atoms with Crippen molar-refractivity contribution in [2.75, 3.05) is 7.11 Å². The van der Waals surface area contributed by atoms with Crippen molar-refractivity contribution in [2.45, 2.75) is 13.3 Å². The highest BCUT2D eigenvalue weighted by atomic mass is 35.5. The third kappa shape index (κ3) is 2.57. The Labute approximate surface area is 133 Å². The normalized spacial score (nSPS) is 10.9. The number of fused-ring (bicyclic) bond motifs is 1. The molecule has 0 aliphatic carbocycles. The lowest BCUT2D eigenvalue weighted by Gasteiger charge is -2.05. The number of carbonyl (C=O) groups is 1. The standard InChI is InChI=1S/C17H15ClN2O2/c1-10-13(7-11-5-6-19-9-15(11)18)14-8-12(17(21)22-2)3-4-16(14)20-10/h3-6,8-9,20H,7H2,1-2H3. The van der Waals surface area contributed by atoms with E-state index in [1.165, 1.54) is 7.11 Å². The predicted molar refractivity (Wildman–Crippen MR) is 86.4 cm³/mol. The van der Waals surface area contributed by atoms with Crippen molar-refractivity contribution in [3.8, 4) is 0 Å². The highest BCUT2D eigenvalue weighted by Crippen LogP contribution is 2.28. The number of halogens is 1. The lowest BCUT2D eigenvalue weighted by molar-refractivity contribution is 0.0601. The Kier molecular flexibility index (Phi) is 3.86. The fourth-order valence-electron chi connectivity index (χ4n) is 2.59. The molecule has 0 aliphatic heterocycles. The van der Waals surface area contributed by atoms with Gasteiger partial charge in [-0.3, -0.25) is 4.98 Å². The van der Waals surface area contributed by atoms with Gasteiger partial charge >= 0.3 is 5.97 Å². The minimum absolute atomic E-state index is 0.339. The molecule has 3 rings (SSSR count). The zero-order valence-corrected chi connectivity index (χ0v) is 13.1. The number of pyridine rings is 1. The molecule has 2 heterocycles. The first-order valence-corrected chi connectivity index (χ1v) is 7.26. The molecule has 0 saturated heterocycles.